The first-order valence-electron chi connectivity index (χ1n) is 9.53. The molecule has 1 aromatic rings. The van der Waals surface area contributed by atoms with E-state index in [1.54, 1.807) is 20.8 Å². The van der Waals surface area contributed by atoms with Crippen LogP contribution in [0, 0.1) is 11.7 Å². The second-order valence-corrected chi connectivity index (χ2v) is 7.73. The molecule has 3 rings (SSSR count). The Morgan fingerprint density at radius 2 is 2.00 bits per heavy atom. The molecule has 0 aliphatic carbocycles. The Bertz CT molecular complexity index is 840. The van der Waals surface area contributed by atoms with Crippen molar-refractivity contribution in [2.75, 3.05) is 42.6 Å². The van der Waals surface area contributed by atoms with Gasteiger partial charge >= 0.3 is 6.18 Å². The largest absolute Gasteiger partial charge is 0.409 e. The van der Waals surface area contributed by atoms with Gasteiger partial charge in [-0.3, -0.25) is 14.2 Å². The highest BCUT2D eigenvalue weighted by Gasteiger charge is 2.47. The molecule has 0 unspecified atom stereocenters. The summed E-state index contributed by atoms with van der Waals surface area (Å²) in [5, 5.41) is 0. The van der Waals surface area contributed by atoms with Crippen LogP contribution >= 0.6 is 0 Å². The van der Waals surface area contributed by atoms with Gasteiger partial charge < -0.3 is 14.5 Å². The molecule has 0 amide bonds. The van der Waals surface area contributed by atoms with E-state index >= 15 is 0 Å². The summed E-state index contributed by atoms with van der Waals surface area (Å²) in [6.45, 7) is 5.60. The number of ketones is 1. The molecule has 1 aromatic heterocycles. The number of Topliss-reactive ketones (excluding diaryl/α,β-unsaturated/α-hetero) is 1. The van der Waals surface area contributed by atoms with Gasteiger partial charge in [0.05, 0.1) is 25.8 Å². The van der Waals surface area contributed by atoms with E-state index in [1.807, 2.05) is 0 Å². The monoisotopic (exact) mass is 420 g/mol. The van der Waals surface area contributed by atoms with Crippen molar-refractivity contribution in [3.05, 3.63) is 16.2 Å². The molecule has 162 valence electrons. The van der Waals surface area contributed by atoms with E-state index in [1.165, 1.54) is 9.80 Å². The second-order valence-electron chi connectivity index (χ2n) is 7.73. The van der Waals surface area contributed by atoms with Crippen LogP contribution in [0.4, 0.5) is 29.3 Å². The first-order valence-corrected chi connectivity index (χ1v) is 9.53. The third-order valence-corrected chi connectivity index (χ3v) is 5.30. The molecule has 11 heteroatoms. The number of hydrogen-bond acceptors (Lipinski definition) is 6. The van der Waals surface area contributed by atoms with E-state index in [4.69, 9.17) is 4.74 Å². The van der Waals surface area contributed by atoms with Gasteiger partial charge in [0.1, 0.15) is 6.04 Å². The zero-order valence-corrected chi connectivity index (χ0v) is 16.5. The number of rotatable bonds is 4. The molecule has 1 fully saturated rings. The number of morpholine rings is 1. The van der Waals surface area contributed by atoms with Crippen LogP contribution < -0.4 is 15.4 Å². The maximum Gasteiger partial charge on any atom is 0.409 e. The molecule has 0 bridgehead atoms. The van der Waals surface area contributed by atoms with E-state index in [9.17, 15) is 27.2 Å². The summed E-state index contributed by atoms with van der Waals surface area (Å²) in [7, 11) is 0. The maximum absolute atomic E-state index is 14.9. The highest BCUT2D eigenvalue weighted by atomic mass is 19.4. The summed E-state index contributed by atoms with van der Waals surface area (Å²) in [5.41, 5.74) is -1.38. The van der Waals surface area contributed by atoms with E-state index in [-0.39, 0.29) is 62.4 Å². The van der Waals surface area contributed by atoms with Crippen molar-refractivity contribution >= 4 is 17.5 Å². The number of fused-ring (bicyclic) bond motifs is 1. The summed E-state index contributed by atoms with van der Waals surface area (Å²) in [4.78, 5) is 31.9. The lowest BCUT2D eigenvalue weighted by atomic mass is 10.1. The van der Waals surface area contributed by atoms with Crippen LogP contribution in [-0.2, 0) is 9.53 Å². The van der Waals surface area contributed by atoms with E-state index in [0.29, 0.717) is 4.57 Å². The Hall–Kier alpha value is -2.17. The zero-order valence-electron chi connectivity index (χ0n) is 16.5. The molecule has 2 aliphatic rings. The van der Waals surface area contributed by atoms with E-state index < -0.39 is 30.0 Å². The third-order valence-electron chi connectivity index (χ3n) is 5.30. The van der Waals surface area contributed by atoms with Gasteiger partial charge in [0.15, 0.2) is 11.6 Å². The molecule has 29 heavy (non-hydrogen) atoms. The number of ether oxygens (including phenoxy) is 1. The standard InChI is InChI=1S/C18H24F4N4O3/c1-10(2)12(27)8-24-5-4-13(18(20,21)22)26-16(28)14(19)15(23-17(24)26)25-6-7-29-9-11(25)3/h10-11,13H,4-9H2,1-3H3/t11-,13-/m1/s1. The predicted molar refractivity (Wildman–Crippen MR) is 97.8 cm³/mol. The van der Waals surface area contributed by atoms with Crippen LogP contribution in [-0.4, -0.2) is 60.4 Å². The number of carbonyl (C=O) groups excluding carboxylic acids is 1. The summed E-state index contributed by atoms with van der Waals surface area (Å²) in [6, 6.07) is -2.49. The van der Waals surface area contributed by atoms with Crippen molar-refractivity contribution in [1.82, 2.24) is 9.55 Å². The molecule has 2 atom stereocenters. The zero-order chi connectivity index (χ0) is 21.5. The number of halogens is 4. The van der Waals surface area contributed by atoms with Crippen LogP contribution in [0.25, 0.3) is 0 Å². The lowest BCUT2D eigenvalue weighted by Crippen LogP contribution is -2.50. The number of aromatic nitrogens is 2. The minimum absolute atomic E-state index is 0.112. The molecule has 0 radical (unpaired) electrons. The van der Waals surface area contributed by atoms with Crippen LogP contribution in [0.2, 0.25) is 0 Å². The lowest BCUT2D eigenvalue weighted by molar-refractivity contribution is -0.171. The molecule has 2 aliphatic heterocycles. The maximum atomic E-state index is 14.9. The highest BCUT2D eigenvalue weighted by molar-refractivity contribution is 5.84. The van der Waals surface area contributed by atoms with Crippen molar-refractivity contribution < 1.29 is 27.1 Å². The minimum atomic E-state index is -4.74. The number of alkyl halides is 3. The first-order chi connectivity index (χ1) is 13.5. The van der Waals surface area contributed by atoms with Crippen molar-refractivity contribution in [1.29, 1.82) is 0 Å². The molecule has 0 saturated carbocycles. The van der Waals surface area contributed by atoms with Gasteiger partial charge in [-0.25, -0.2) is 0 Å². The van der Waals surface area contributed by atoms with Gasteiger partial charge in [-0.1, -0.05) is 13.8 Å². The number of hydrogen-bond donors (Lipinski definition) is 0. The van der Waals surface area contributed by atoms with Gasteiger partial charge in [-0.2, -0.15) is 22.5 Å². The molecule has 0 aromatic carbocycles. The molecule has 0 N–H and O–H groups in total. The summed E-state index contributed by atoms with van der Waals surface area (Å²) < 4.78 is 61.2. The Morgan fingerprint density at radius 1 is 1.31 bits per heavy atom. The van der Waals surface area contributed by atoms with E-state index in [0.717, 1.165) is 0 Å². The third kappa shape index (κ3) is 4.10. The van der Waals surface area contributed by atoms with Crippen LogP contribution in [0.15, 0.2) is 4.79 Å². The fourth-order valence-corrected chi connectivity index (χ4v) is 3.56. The van der Waals surface area contributed by atoms with Crippen molar-refractivity contribution in [3.8, 4) is 0 Å². The Labute approximate surface area is 165 Å². The first kappa shape index (κ1) is 21.5. The SMILES string of the molecule is CC(C)C(=O)CN1CC[C@H](C(F)(F)F)n2c1nc(N1CCOC[C@H]1C)c(F)c2=O. The lowest BCUT2D eigenvalue weighted by Gasteiger charge is -2.39. The van der Waals surface area contributed by atoms with Crippen molar-refractivity contribution in [3.63, 3.8) is 0 Å². The van der Waals surface area contributed by atoms with Gasteiger partial charge in [-0.15, -0.1) is 0 Å². The molecular formula is C18H24F4N4O3. The number of carbonyl (C=O) groups is 1. The molecule has 3 heterocycles. The highest BCUT2D eigenvalue weighted by Crippen LogP contribution is 2.38. The minimum Gasteiger partial charge on any atom is -0.377 e. The van der Waals surface area contributed by atoms with Gasteiger partial charge in [0.25, 0.3) is 5.56 Å². The summed E-state index contributed by atoms with van der Waals surface area (Å²) in [5.74, 6) is -2.50. The molecular weight excluding hydrogens is 396 g/mol. The molecule has 0 spiro atoms. The average molecular weight is 420 g/mol. The second kappa shape index (κ2) is 7.92. The van der Waals surface area contributed by atoms with E-state index in [2.05, 4.69) is 4.98 Å². The Morgan fingerprint density at radius 3 is 2.59 bits per heavy atom. The van der Waals surface area contributed by atoms with Crippen LogP contribution in [0.5, 0.6) is 0 Å². The fraction of sp³-hybridized carbons (Fsp3) is 0.722. The fourth-order valence-electron chi connectivity index (χ4n) is 3.56. The van der Waals surface area contributed by atoms with Crippen molar-refractivity contribution in [2.24, 2.45) is 5.92 Å². The predicted octanol–water partition coefficient (Wildman–Crippen LogP) is 2.15. The Kier molecular flexibility index (Phi) is 5.88. The molecule has 7 nitrogen and oxygen atoms in total. The van der Waals surface area contributed by atoms with Gasteiger partial charge in [-0.05, 0) is 13.3 Å². The number of anilines is 2. The number of nitrogens with zero attached hydrogens (tertiary/aromatic N) is 4. The average Bonchev–Trinajstić information content (AvgIpc) is 2.64. The van der Waals surface area contributed by atoms with Gasteiger partial charge in [0, 0.05) is 19.0 Å². The summed E-state index contributed by atoms with van der Waals surface area (Å²) >= 11 is 0. The molecule has 1 saturated heterocycles. The van der Waals surface area contributed by atoms with Crippen molar-refractivity contribution in [2.45, 2.75) is 45.5 Å². The van der Waals surface area contributed by atoms with Crippen LogP contribution in [0.1, 0.15) is 33.2 Å². The topological polar surface area (TPSA) is 67.7 Å². The van der Waals surface area contributed by atoms with Gasteiger partial charge in [0.2, 0.25) is 11.8 Å². The smallest absolute Gasteiger partial charge is 0.377 e. The normalized spacial score (nSPS) is 22.8. The van der Waals surface area contributed by atoms with Crippen LogP contribution in [0.3, 0.4) is 0 Å². The summed E-state index contributed by atoms with van der Waals surface area (Å²) in [6.07, 6.45) is -5.20. The quantitative estimate of drug-likeness (QED) is 0.696. The Balaban J connectivity index is 2.14.